The number of aromatic nitrogens is 6. The number of benzene rings is 1. The molecule has 1 N–H and O–H groups in total. The van der Waals surface area contributed by atoms with Gasteiger partial charge in [0.25, 0.3) is 0 Å². The molecule has 5 rings (SSSR count). The number of rotatable bonds is 4. The van der Waals surface area contributed by atoms with Gasteiger partial charge in [-0.1, -0.05) is 30.3 Å². The SMILES string of the molecule is Cc1cc2c(cc(Nc3ncccn3)c3nnc(C)n32)n1Cc1ccccc1. The number of fused-ring (bicyclic) bond motifs is 3. The maximum atomic E-state index is 4.37. The van der Waals surface area contributed by atoms with Gasteiger partial charge in [0.15, 0.2) is 5.65 Å². The van der Waals surface area contributed by atoms with Gasteiger partial charge in [0.2, 0.25) is 5.95 Å². The molecule has 0 unspecified atom stereocenters. The monoisotopic (exact) mass is 369 g/mol. The van der Waals surface area contributed by atoms with Gasteiger partial charge in [0.05, 0.1) is 16.7 Å². The Kier molecular flexibility index (Phi) is 3.79. The molecule has 0 aliphatic heterocycles. The highest BCUT2D eigenvalue weighted by Crippen LogP contribution is 2.29. The summed E-state index contributed by atoms with van der Waals surface area (Å²) in [5.41, 5.74) is 6.22. The molecular weight excluding hydrogens is 350 g/mol. The van der Waals surface area contributed by atoms with E-state index in [1.165, 1.54) is 11.3 Å². The summed E-state index contributed by atoms with van der Waals surface area (Å²) in [6.45, 7) is 4.89. The lowest BCUT2D eigenvalue weighted by Gasteiger charge is -2.11. The van der Waals surface area contributed by atoms with Gasteiger partial charge in [-0.2, -0.15) is 0 Å². The van der Waals surface area contributed by atoms with Crippen LogP contribution in [0.4, 0.5) is 11.6 Å². The lowest BCUT2D eigenvalue weighted by Crippen LogP contribution is -2.04. The van der Waals surface area contributed by atoms with Crippen molar-refractivity contribution in [3.05, 3.63) is 78.0 Å². The minimum absolute atomic E-state index is 0.530. The van der Waals surface area contributed by atoms with E-state index < -0.39 is 0 Å². The molecule has 0 saturated carbocycles. The fourth-order valence-corrected chi connectivity index (χ4v) is 3.59. The van der Waals surface area contributed by atoms with Crippen molar-refractivity contribution in [3.63, 3.8) is 0 Å². The Morgan fingerprint density at radius 2 is 1.68 bits per heavy atom. The van der Waals surface area contributed by atoms with Gasteiger partial charge in [0, 0.05) is 24.6 Å². The Hall–Kier alpha value is -3.74. The second-order valence-electron chi connectivity index (χ2n) is 6.79. The van der Waals surface area contributed by atoms with E-state index in [0.717, 1.165) is 34.7 Å². The molecule has 4 aromatic heterocycles. The third-order valence-corrected chi connectivity index (χ3v) is 4.91. The first-order chi connectivity index (χ1) is 13.7. The van der Waals surface area contributed by atoms with Crippen LogP contribution < -0.4 is 5.32 Å². The van der Waals surface area contributed by atoms with Gasteiger partial charge in [0.1, 0.15) is 5.82 Å². The summed E-state index contributed by atoms with van der Waals surface area (Å²) in [5.74, 6) is 1.37. The van der Waals surface area contributed by atoms with E-state index in [1.54, 1.807) is 18.5 Å². The topological polar surface area (TPSA) is 72.9 Å². The average molecular weight is 369 g/mol. The summed E-state index contributed by atoms with van der Waals surface area (Å²) < 4.78 is 4.38. The Labute approximate surface area is 161 Å². The second-order valence-corrected chi connectivity index (χ2v) is 6.79. The van der Waals surface area contributed by atoms with Crippen molar-refractivity contribution in [2.24, 2.45) is 0 Å². The van der Waals surface area contributed by atoms with Crippen LogP contribution in [0.1, 0.15) is 17.1 Å². The van der Waals surface area contributed by atoms with Crippen LogP contribution in [-0.2, 0) is 6.54 Å². The summed E-state index contributed by atoms with van der Waals surface area (Å²) in [7, 11) is 0. The molecule has 0 fully saturated rings. The minimum atomic E-state index is 0.530. The highest BCUT2D eigenvalue weighted by Gasteiger charge is 2.16. The van der Waals surface area contributed by atoms with E-state index >= 15 is 0 Å². The third-order valence-electron chi connectivity index (χ3n) is 4.91. The van der Waals surface area contributed by atoms with E-state index in [9.17, 15) is 0 Å². The lowest BCUT2D eigenvalue weighted by molar-refractivity contribution is 0.805. The van der Waals surface area contributed by atoms with Crippen molar-refractivity contribution in [1.82, 2.24) is 29.1 Å². The van der Waals surface area contributed by atoms with Crippen molar-refractivity contribution in [3.8, 4) is 0 Å². The number of anilines is 2. The van der Waals surface area contributed by atoms with Gasteiger partial charge >= 0.3 is 0 Å². The molecule has 4 heterocycles. The van der Waals surface area contributed by atoms with Crippen LogP contribution in [0.15, 0.2) is 60.9 Å². The van der Waals surface area contributed by atoms with Gasteiger partial charge < -0.3 is 9.88 Å². The molecule has 0 bridgehead atoms. The van der Waals surface area contributed by atoms with Crippen molar-refractivity contribution in [2.75, 3.05) is 5.32 Å². The fraction of sp³-hybridized carbons (Fsp3) is 0.143. The van der Waals surface area contributed by atoms with Crippen LogP contribution in [-0.4, -0.2) is 29.1 Å². The van der Waals surface area contributed by atoms with Gasteiger partial charge in [-0.25, -0.2) is 9.97 Å². The molecule has 0 aliphatic carbocycles. The normalized spacial score (nSPS) is 11.4. The Bertz CT molecular complexity index is 1270. The molecule has 138 valence electrons. The van der Waals surface area contributed by atoms with E-state index in [4.69, 9.17) is 0 Å². The first kappa shape index (κ1) is 16.4. The summed E-state index contributed by atoms with van der Waals surface area (Å²) in [6.07, 6.45) is 3.42. The minimum Gasteiger partial charge on any atom is -0.339 e. The van der Waals surface area contributed by atoms with Crippen molar-refractivity contribution in [1.29, 1.82) is 0 Å². The molecule has 0 saturated heterocycles. The van der Waals surface area contributed by atoms with Crippen LogP contribution in [0.25, 0.3) is 16.7 Å². The highest BCUT2D eigenvalue weighted by atomic mass is 15.3. The molecule has 28 heavy (non-hydrogen) atoms. The zero-order valence-electron chi connectivity index (χ0n) is 15.7. The summed E-state index contributed by atoms with van der Waals surface area (Å²) >= 11 is 0. The van der Waals surface area contributed by atoms with Gasteiger partial charge in [-0.05, 0) is 37.6 Å². The first-order valence-electron chi connectivity index (χ1n) is 9.13. The zero-order chi connectivity index (χ0) is 19.1. The number of pyridine rings is 1. The standard InChI is InChI=1S/C21H19N7/c1-14-11-19-18(27(14)13-16-7-4-3-5-8-16)12-17(20-26-25-15(2)28(19)20)24-21-22-9-6-10-23-21/h3-12H,13H2,1-2H3,(H,22,23,24). The molecule has 5 aromatic rings. The molecule has 7 heteroatoms. The van der Waals surface area contributed by atoms with Gasteiger partial charge in [-0.3, -0.25) is 4.40 Å². The van der Waals surface area contributed by atoms with Crippen molar-refractivity contribution in [2.45, 2.75) is 20.4 Å². The fourth-order valence-electron chi connectivity index (χ4n) is 3.59. The smallest absolute Gasteiger partial charge is 0.227 e. The third kappa shape index (κ3) is 2.68. The highest BCUT2D eigenvalue weighted by molar-refractivity contribution is 5.89. The summed E-state index contributed by atoms with van der Waals surface area (Å²) in [6, 6.07) is 16.5. The molecule has 0 atom stereocenters. The molecule has 0 aliphatic rings. The lowest BCUT2D eigenvalue weighted by atomic mass is 10.2. The van der Waals surface area contributed by atoms with Crippen molar-refractivity contribution < 1.29 is 0 Å². The molecular formula is C21H19N7. The number of aryl methyl sites for hydroxylation is 2. The van der Waals surface area contributed by atoms with E-state index in [2.05, 4.69) is 77.8 Å². The van der Waals surface area contributed by atoms with Gasteiger partial charge in [-0.15, -0.1) is 10.2 Å². The Morgan fingerprint density at radius 3 is 2.46 bits per heavy atom. The summed E-state index contributed by atoms with van der Waals surface area (Å²) in [4.78, 5) is 8.55. The molecule has 0 spiro atoms. The average Bonchev–Trinajstić information content (AvgIpc) is 3.25. The Morgan fingerprint density at radius 1 is 0.893 bits per heavy atom. The van der Waals surface area contributed by atoms with E-state index in [-0.39, 0.29) is 0 Å². The maximum Gasteiger partial charge on any atom is 0.227 e. The van der Waals surface area contributed by atoms with Crippen LogP contribution >= 0.6 is 0 Å². The molecule has 0 amide bonds. The van der Waals surface area contributed by atoms with Crippen LogP contribution in [0.3, 0.4) is 0 Å². The summed E-state index contributed by atoms with van der Waals surface area (Å²) in [5, 5.41) is 12.0. The maximum absolute atomic E-state index is 4.37. The first-order valence-corrected chi connectivity index (χ1v) is 9.13. The Balaban J connectivity index is 1.72. The number of nitrogens with one attached hydrogen (secondary N) is 1. The largest absolute Gasteiger partial charge is 0.339 e. The molecule has 0 radical (unpaired) electrons. The second kappa shape index (κ2) is 6.45. The van der Waals surface area contributed by atoms with Crippen LogP contribution in [0.5, 0.6) is 0 Å². The van der Waals surface area contributed by atoms with Crippen LogP contribution in [0.2, 0.25) is 0 Å². The van der Waals surface area contributed by atoms with E-state index in [0.29, 0.717) is 5.95 Å². The predicted octanol–water partition coefficient (Wildman–Crippen LogP) is 3.88. The van der Waals surface area contributed by atoms with E-state index in [1.807, 2.05) is 13.0 Å². The zero-order valence-corrected chi connectivity index (χ0v) is 15.7. The number of hydrogen-bond donors (Lipinski definition) is 1. The van der Waals surface area contributed by atoms with Crippen LogP contribution in [0, 0.1) is 13.8 Å². The number of nitrogens with zero attached hydrogens (tertiary/aromatic N) is 6. The predicted molar refractivity (Wildman–Crippen MR) is 109 cm³/mol. The quantitative estimate of drug-likeness (QED) is 0.520. The number of hydrogen-bond acceptors (Lipinski definition) is 5. The molecule has 7 nitrogen and oxygen atoms in total. The molecule has 1 aromatic carbocycles. The van der Waals surface area contributed by atoms with Crippen molar-refractivity contribution >= 4 is 28.3 Å².